The summed E-state index contributed by atoms with van der Waals surface area (Å²) in [5, 5.41) is 13.6. The number of esters is 1. The van der Waals surface area contributed by atoms with Crippen LogP contribution in [-0.4, -0.2) is 31.9 Å². The summed E-state index contributed by atoms with van der Waals surface area (Å²) >= 11 is 1.10. The Bertz CT molecular complexity index is 1000. The lowest BCUT2D eigenvalue weighted by atomic mass is 10.0. The van der Waals surface area contributed by atoms with Gasteiger partial charge in [-0.15, -0.1) is 11.3 Å². The van der Waals surface area contributed by atoms with E-state index in [0.29, 0.717) is 11.3 Å². The summed E-state index contributed by atoms with van der Waals surface area (Å²) in [7, 11) is 2.82. The molecule has 2 amide bonds. The molecule has 26 heavy (non-hydrogen) atoms. The van der Waals surface area contributed by atoms with Gasteiger partial charge in [0.15, 0.2) is 0 Å². The van der Waals surface area contributed by atoms with E-state index >= 15 is 0 Å². The molecule has 1 aliphatic heterocycles. The number of anilines is 2. The maximum Gasteiger partial charge on any atom is 0.350 e. The highest BCUT2D eigenvalue weighted by atomic mass is 32.1. The first kappa shape index (κ1) is 17.4. The number of carbonyl (C=O) groups excluding carboxylic acids is 3. The third-order valence-corrected chi connectivity index (χ3v) is 4.82. The Morgan fingerprint density at radius 2 is 2.00 bits per heavy atom. The number of methoxy groups -OCH3 is 1. The quantitative estimate of drug-likeness (QED) is 0.510. The van der Waals surface area contributed by atoms with Crippen molar-refractivity contribution in [2.45, 2.75) is 0 Å². The predicted molar refractivity (Wildman–Crippen MR) is 96.7 cm³/mol. The second-order valence-electron chi connectivity index (χ2n) is 5.35. The lowest BCUT2D eigenvalue weighted by Crippen LogP contribution is -2.23. The standard InChI is InChI=1S/C18H13N3O4S/c1-21-13-6-4-3-5-10(13)14(17(21)23)11(9-19)16(22)20-12-7-8-26-15(12)18(24)25-2/h3-8H,1-2H3,(H,20,22)/b14-11-. The number of likely N-dealkylation sites (N-methyl/N-ethyl adjacent to an activating group) is 1. The number of nitrogens with one attached hydrogen (secondary N) is 1. The van der Waals surface area contributed by atoms with Gasteiger partial charge in [0.1, 0.15) is 16.5 Å². The van der Waals surface area contributed by atoms with Crippen LogP contribution in [0.1, 0.15) is 15.2 Å². The molecule has 0 unspecified atom stereocenters. The van der Waals surface area contributed by atoms with Crippen molar-refractivity contribution in [1.29, 1.82) is 5.26 Å². The van der Waals surface area contributed by atoms with Gasteiger partial charge in [0.2, 0.25) is 0 Å². The predicted octanol–water partition coefficient (Wildman–Crippen LogP) is 2.43. The molecule has 1 aromatic heterocycles. The Labute approximate surface area is 153 Å². The summed E-state index contributed by atoms with van der Waals surface area (Å²) < 4.78 is 4.66. The van der Waals surface area contributed by atoms with Gasteiger partial charge in [0.05, 0.1) is 24.1 Å². The fraction of sp³-hybridized carbons (Fsp3) is 0.111. The van der Waals surface area contributed by atoms with Crippen molar-refractivity contribution in [3.8, 4) is 6.07 Å². The summed E-state index contributed by atoms with van der Waals surface area (Å²) in [4.78, 5) is 38.5. The van der Waals surface area contributed by atoms with E-state index in [9.17, 15) is 19.6 Å². The minimum absolute atomic E-state index is 0.0398. The SMILES string of the molecule is COC(=O)c1sccc1NC(=O)/C(C#N)=C1\C(=O)N(C)c2ccccc21. The van der Waals surface area contributed by atoms with Crippen molar-refractivity contribution in [3.05, 3.63) is 51.7 Å². The number of amides is 2. The molecule has 1 aliphatic rings. The van der Waals surface area contributed by atoms with Crippen LogP contribution in [0.2, 0.25) is 0 Å². The lowest BCUT2D eigenvalue weighted by Gasteiger charge is -2.08. The Morgan fingerprint density at radius 3 is 2.69 bits per heavy atom. The van der Waals surface area contributed by atoms with Crippen LogP contribution in [0.3, 0.4) is 0 Å². The van der Waals surface area contributed by atoms with E-state index < -0.39 is 17.8 Å². The normalized spacial score (nSPS) is 14.5. The minimum atomic E-state index is -0.760. The van der Waals surface area contributed by atoms with Gasteiger partial charge in [-0.2, -0.15) is 5.26 Å². The minimum Gasteiger partial charge on any atom is -0.465 e. The van der Waals surface area contributed by atoms with Crippen molar-refractivity contribution >= 4 is 46.1 Å². The molecule has 0 atom stereocenters. The molecule has 0 spiro atoms. The molecule has 2 aromatic rings. The van der Waals surface area contributed by atoms with Crippen molar-refractivity contribution in [2.24, 2.45) is 0 Å². The van der Waals surface area contributed by atoms with Crippen molar-refractivity contribution in [1.82, 2.24) is 0 Å². The van der Waals surface area contributed by atoms with Crippen molar-refractivity contribution in [3.63, 3.8) is 0 Å². The van der Waals surface area contributed by atoms with Gasteiger partial charge in [-0.05, 0) is 17.5 Å². The first-order valence-electron chi connectivity index (χ1n) is 7.48. The Hall–Kier alpha value is -3.44. The van der Waals surface area contributed by atoms with Crippen LogP contribution in [0.5, 0.6) is 0 Å². The number of nitriles is 1. The molecule has 0 radical (unpaired) electrons. The summed E-state index contributed by atoms with van der Waals surface area (Å²) in [5.41, 5.74) is 1.10. The fourth-order valence-electron chi connectivity index (χ4n) is 2.67. The molecule has 130 valence electrons. The second-order valence-corrected chi connectivity index (χ2v) is 6.27. The smallest absolute Gasteiger partial charge is 0.350 e. The molecule has 0 aliphatic carbocycles. The number of benzene rings is 1. The number of hydrogen-bond acceptors (Lipinski definition) is 6. The van der Waals surface area contributed by atoms with Crippen molar-refractivity contribution in [2.75, 3.05) is 24.4 Å². The number of thiophene rings is 1. The highest BCUT2D eigenvalue weighted by Gasteiger charge is 2.34. The van der Waals surface area contributed by atoms with Gasteiger partial charge < -0.3 is 15.0 Å². The van der Waals surface area contributed by atoms with E-state index in [1.807, 2.05) is 6.07 Å². The van der Waals surface area contributed by atoms with Gasteiger partial charge >= 0.3 is 5.97 Å². The number of para-hydroxylation sites is 1. The van der Waals surface area contributed by atoms with Crippen LogP contribution in [-0.2, 0) is 14.3 Å². The zero-order valence-electron chi connectivity index (χ0n) is 13.9. The summed E-state index contributed by atoms with van der Waals surface area (Å²) in [5.74, 6) is -1.79. The highest BCUT2D eigenvalue weighted by Crippen LogP contribution is 2.37. The maximum absolute atomic E-state index is 12.6. The monoisotopic (exact) mass is 367 g/mol. The highest BCUT2D eigenvalue weighted by molar-refractivity contribution is 7.12. The molecule has 2 heterocycles. The zero-order valence-corrected chi connectivity index (χ0v) is 14.7. The lowest BCUT2D eigenvalue weighted by molar-refractivity contribution is -0.114. The van der Waals surface area contributed by atoms with E-state index in [2.05, 4.69) is 10.1 Å². The summed E-state index contributed by atoms with van der Waals surface area (Å²) in [6.45, 7) is 0. The third kappa shape index (κ3) is 2.74. The van der Waals surface area contributed by atoms with Gasteiger partial charge in [-0.3, -0.25) is 9.59 Å². The van der Waals surface area contributed by atoms with Gasteiger partial charge in [0, 0.05) is 12.6 Å². The topological polar surface area (TPSA) is 99.5 Å². The molecular weight excluding hydrogens is 354 g/mol. The second kappa shape index (κ2) is 6.82. The van der Waals surface area contributed by atoms with Crippen LogP contribution in [0.25, 0.3) is 5.57 Å². The zero-order chi connectivity index (χ0) is 18.8. The number of fused-ring (bicyclic) bond motifs is 1. The molecule has 7 nitrogen and oxygen atoms in total. The Balaban J connectivity index is 2.03. The molecule has 1 N–H and O–H groups in total. The molecule has 1 aromatic carbocycles. The molecular formula is C18H13N3O4S. The molecule has 0 saturated carbocycles. The maximum atomic E-state index is 12.6. The van der Waals surface area contributed by atoms with Gasteiger partial charge in [0.25, 0.3) is 11.8 Å². The van der Waals surface area contributed by atoms with Crippen LogP contribution in [0, 0.1) is 11.3 Å². The van der Waals surface area contributed by atoms with E-state index in [1.165, 1.54) is 18.1 Å². The molecule has 8 heteroatoms. The van der Waals surface area contributed by atoms with Crippen molar-refractivity contribution < 1.29 is 19.1 Å². The van der Waals surface area contributed by atoms with E-state index in [-0.39, 0.29) is 21.7 Å². The van der Waals surface area contributed by atoms with Crippen LogP contribution < -0.4 is 10.2 Å². The Morgan fingerprint density at radius 1 is 1.27 bits per heavy atom. The summed E-state index contributed by atoms with van der Waals surface area (Å²) in [6.07, 6.45) is 0. The first-order chi connectivity index (χ1) is 12.5. The number of carbonyl (C=O) groups is 3. The van der Waals surface area contributed by atoms with Crippen LogP contribution >= 0.6 is 11.3 Å². The number of ether oxygens (including phenoxy) is 1. The van der Waals surface area contributed by atoms with Crippen LogP contribution in [0.4, 0.5) is 11.4 Å². The third-order valence-electron chi connectivity index (χ3n) is 3.93. The molecule has 3 rings (SSSR count). The fourth-order valence-corrected chi connectivity index (χ4v) is 3.44. The molecule has 0 bridgehead atoms. The average Bonchev–Trinajstić information content (AvgIpc) is 3.20. The molecule has 0 saturated heterocycles. The van der Waals surface area contributed by atoms with Gasteiger partial charge in [-0.25, -0.2) is 4.79 Å². The summed E-state index contributed by atoms with van der Waals surface area (Å²) in [6, 6.07) is 10.3. The van der Waals surface area contributed by atoms with E-state index in [4.69, 9.17) is 0 Å². The van der Waals surface area contributed by atoms with E-state index in [1.54, 1.807) is 36.7 Å². The number of rotatable bonds is 3. The first-order valence-corrected chi connectivity index (χ1v) is 8.36. The number of hydrogen-bond donors (Lipinski definition) is 1. The van der Waals surface area contributed by atoms with Gasteiger partial charge in [-0.1, -0.05) is 18.2 Å². The van der Waals surface area contributed by atoms with Crippen LogP contribution in [0.15, 0.2) is 41.3 Å². The average molecular weight is 367 g/mol. The Kier molecular flexibility index (Phi) is 4.56. The largest absolute Gasteiger partial charge is 0.465 e. The molecule has 0 fully saturated rings. The van der Waals surface area contributed by atoms with E-state index in [0.717, 1.165) is 11.3 Å². The number of nitrogens with zero attached hydrogens (tertiary/aromatic N) is 2.